The molecule has 0 bridgehead atoms. The number of aryl methyl sites for hydroxylation is 1. The van der Waals surface area contributed by atoms with Crippen molar-refractivity contribution in [1.82, 2.24) is 9.62 Å². The summed E-state index contributed by atoms with van der Waals surface area (Å²) < 4.78 is 38.0. The van der Waals surface area contributed by atoms with Gasteiger partial charge in [-0.2, -0.15) is 16.1 Å². The van der Waals surface area contributed by atoms with E-state index in [4.69, 9.17) is 32.7 Å². The number of benzene rings is 2. The molecule has 0 saturated carbocycles. The van der Waals surface area contributed by atoms with E-state index in [0.717, 1.165) is 17.1 Å². The molecule has 0 unspecified atom stereocenters. The van der Waals surface area contributed by atoms with E-state index in [1.807, 2.05) is 12.1 Å². The molecular formula is C23H28Cl2N2O5S2. The molecule has 0 aromatic heterocycles. The van der Waals surface area contributed by atoms with E-state index in [-0.39, 0.29) is 17.2 Å². The van der Waals surface area contributed by atoms with Crippen LogP contribution in [0.25, 0.3) is 0 Å². The second-order valence-electron chi connectivity index (χ2n) is 7.64. The molecule has 0 aliphatic carbocycles. The molecule has 1 heterocycles. The number of nitrogens with one attached hydrogen (secondary N) is 1. The van der Waals surface area contributed by atoms with E-state index in [0.29, 0.717) is 60.6 Å². The summed E-state index contributed by atoms with van der Waals surface area (Å²) in [5.41, 5.74) is 1.76. The third-order valence-electron chi connectivity index (χ3n) is 5.30. The Balaban J connectivity index is 1.48. The third-order valence-corrected chi connectivity index (χ3v) is 8.97. The van der Waals surface area contributed by atoms with Crippen molar-refractivity contribution in [2.75, 3.05) is 45.7 Å². The Morgan fingerprint density at radius 3 is 2.62 bits per heavy atom. The average Bonchev–Trinajstić information content (AvgIpc) is 2.85. The first kappa shape index (κ1) is 27.1. The lowest BCUT2D eigenvalue weighted by Crippen LogP contribution is -2.40. The SMILES string of the molecule is COc1ccc(S(=O)(=O)N2CCOCC2)cc1CCC(=O)NCCSCc1ccc(Cl)c(Cl)c1. The maximum Gasteiger partial charge on any atom is 0.243 e. The predicted molar refractivity (Wildman–Crippen MR) is 137 cm³/mol. The molecule has 7 nitrogen and oxygen atoms in total. The lowest BCUT2D eigenvalue weighted by atomic mass is 10.1. The molecule has 1 amide bonds. The second kappa shape index (κ2) is 13.0. The summed E-state index contributed by atoms with van der Waals surface area (Å²) in [6.07, 6.45) is 0.604. The summed E-state index contributed by atoms with van der Waals surface area (Å²) in [7, 11) is -2.09. The van der Waals surface area contributed by atoms with E-state index in [9.17, 15) is 13.2 Å². The largest absolute Gasteiger partial charge is 0.496 e. The van der Waals surface area contributed by atoms with Gasteiger partial charge in [0.05, 0.1) is 35.3 Å². The van der Waals surface area contributed by atoms with Gasteiger partial charge in [0.2, 0.25) is 15.9 Å². The summed E-state index contributed by atoms with van der Waals surface area (Å²) in [6, 6.07) is 10.3. The van der Waals surface area contributed by atoms with Crippen LogP contribution in [0.15, 0.2) is 41.3 Å². The average molecular weight is 548 g/mol. The Labute approximate surface area is 215 Å². The molecule has 3 rings (SSSR count). The van der Waals surface area contributed by atoms with Crippen LogP contribution in [0.2, 0.25) is 10.0 Å². The number of sulfonamides is 1. The molecule has 34 heavy (non-hydrogen) atoms. The van der Waals surface area contributed by atoms with Crippen molar-refractivity contribution >= 4 is 50.9 Å². The molecule has 1 N–H and O–H groups in total. The van der Waals surface area contributed by atoms with Crippen molar-refractivity contribution in [3.63, 3.8) is 0 Å². The van der Waals surface area contributed by atoms with E-state index in [1.54, 1.807) is 30.0 Å². The number of hydrogen-bond acceptors (Lipinski definition) is 6. The molecule has 1 saturated heterocycles. The van der Waals surface area contributed by atoms with E-state index >= 15 is 0 Å². The smallest absolute Gasteiger partial charge is 0.243 e. The van der Waals surface area contributed by atoms with Gasteiger partial charge in [0, 0.05) is 37.6 Å². The Kier molecular flexibility index (Phi) is 10.4. The van der Waals surface area contributed by atoms with Gasteiger partial charge in [0.25, 0.3) is 0 Å². The van der Waals surface area contributed by atoms with Crippen molar-refractivity contribution in [3.8, 4) is 5.75 Å². The minimum Gasteiger partial charge on any atom is -0.496 e. The van der Waals surface area contributed by atoms with Gasteiger partial charge in [-0.15, -0.1) is 0 Å². The molecule has 1 aliphatic rings. The monoisotopic (exact) mass is 546 g/mol. The number of rotatable bonds is 11. The number of halogens is 2. The van der Waals surface area contributed by atoms with Gasteiger partial charge in [-0.05, 0) is 47.9 Å². The molecule has 1 fully saturated rings. The Hall–Kier alpha value is -1.49. The third kappa shape index (κ3) is 7.50. The highest BCUT2D eigenvalue weighted by molar-refractivity contribution is 7.98. The van der Waals surface area contributed by atoms with Gasteiger partial charge in [-0.25, -0.2) is 8.42 Å². The molecule has 0 radical (unpaired) electrons. The second-order valence-corrected chi connectivity index (χ2v) is 11.5. The standard InChI is InChI=1S/C23H28Cl2N2O5S2/c1-31-22-6-4-19(34(29,30)27-9-11-32-12-10-27)15-18(22)3-7-23(28)26-8-13-33-16-17-2-5-20(24)21(25)14-17/h2,4-6,14-15H,3,7-13,16H2,1H3,(H,26,28). The van der Waals surface area contributed by atoms with Crippen LogP contribution < -0.4 is 10.1 Å². The van der Waals surface area contributed by atoms with E-state index in [1.165, 1.54) is 17.5 Å². The normalized spacial score (nSPS) is 14.7. The van der Waals surface area contributed by atoms with Crippen LogP contribution in [0.4, 0.5) is 0 Å². The van der Waals surface area contributed by atoms with Crippen molar-refractivity contribution in [3.05, 3.63) is 57.6 Å². The zero-order valence-electron chi connectivity index (χ0n) is 18.9. The zero-order chi connectivity index (χ0) is 24.6. The Bertz CT molecular complexity index is 1090. The Morgan fingerprint density at radius 1 is 1.15 bits per heavy atom. The minimum absolute atomic E-state index is 0.0985. The first-order valence-corrected chi connectivity index (χ1v) is 14.2. The van der Waals surface area contributed by atoms with Gasteiger partial charge in [-0.1, -0.05) is 29.3 Å². The number of ether oxygens (including phenoxy) is 2. The summed E-state index contributed by atoms with van der Waals surface area (Å²) in [4.78, 5) is 12.5. The number of methoxy groups -OCH3 is 1. The van der Waals surface area contributed by atoms with Crippen LogP contribution in [-0.2, 0) is 31.7 Å². The van der Waals surface area contributed by atoms with Crippen molar-refractivity contribution in [1.29, 1.82) is 0 Å². The molecular weight excluding hydrogens is 519 g/mol. The van der Waals surface area contributed by atoms with Gasteiger partial charge in [0.1, 0.15) is 5.75 Å². The van der Waals surface area contributed by atoms with E-state index in [2.05, 4.69) is 5.32 Å². The maximum absolute atomic E-state index is 13.0. The van der Waals surface area contributed by atoms with E-state index < -0.39 is 10.0 Å². The van der Waals surface area contributed by atoms with Gasteiger partial charge in [0.15, 0.2) is 0 Å². The number of carbonyl (C=O) groups is 1. The topological polar surface area (TPSA) is 84.9 Å². The number of thioether (sulfide) groups is 1. The number of amides is 1. The van der Waals surface area contributed by atoms with Crippen LogP contribution in [0.5, 0.6) is 5.75 Å². The lowest BCUT2D eigenvalue weighted by Gasteiger charge is -2.26. The summed E-state index contributed by atoms with van der Waals surface area (Å²) in [5.74, 6) is 1.99. The summed E-state index contributed by atoms with van der Waals surface area (Å²) in [6.45, 7) is 1.96. The quantitative estimate of drug-likeness (QED) is 0.428. The van der Waals surface area contributed by atoms with Crippen molar-refractivity contribution in [2.24, 2.45) is 0 Å². The molecule has 2 aromatic carbocycles. The van der Waals surface area contributed by atoms with Crippen LogP contribution in [-0.4, -0.2) is 64.3 Å². The highest BCUT2D eigenvalue weighted by Gasteiger charge is 2.27. The first-order valence-electron chi connectivity index (χ1n) is 10.8. The van der Waals surface area contributed by atoms with Crippen LogP contribution in [0, 0.1) is 0 Å². The fraction of sp³-hybridized carbons (Fsp3) is 0.435. The maximum atomic E-state index is 13.0. The van der Waals surface area contributed by atoms with Crippen LogP contribution >= 0.6 is 35.0 Å². The number of morpholine rings is 1. The van der Waals surface area contributed by atoms with Gasteiger partial charge in [-0.3, -0.25) is 4.79 Å². The summed E-state index contributed by atoms with van der Waals surface area (Å²) in [5, 5.41) is 3.97. The molecule has 1 aliphatic heterocycles. The fourth-order valence-corrected chi connectivity index (χ4v) is 6.05. The Morgan fingerprint density at radius 2 is 1.91 bits per heavy atom. The lowest BCUT2D eigenvalue weighted by molar-refractivity contribution is -0.120. The molecule has 186 valence electrons. The molecule has 0 spiro atoms. The fourth-order valence-electron chi connectivity index (χ4n) is 3.47. The summed E-state index contributed by atoms with van der Waals surface area (Å²) >= 11 is 13.6. The van der Waals surface area contributed by atoms with Gasteiger partial charge < -0.3 is 14.8 Å². The van der Waals surface area contributed by atoms with Crippen molar-refractivity contribution < 1.29 is 22.7 Å². The van der Waals surface area contributed by atoms with Crippen LogP contribution in [0.1, 0.15) is 17.5 Å². The highest BCUT2D eigenvalue weighted by Crippen LogP contribution is 2.27. The van der Waals surface area contributed by atoms with Crippen LogP contribution in [0.3, 0.4) is 0 Å². The number of nitrogens with zero attached hydrogens (tertiary/aromatic N) is 1. The minimum atomic E-state index is -3.62. The molecule has 2 aromatic rings. The zero-order valence-corrected chi connectivity index (χ0v) is 22.0. The first-order chi connectivity index (χ1) is 16.3. The molecule has 0 atom stereocenters. The van der Waals surface area contributed by atoms with Gasteiger partial charge >= 0.3 is 0 Å². The molecule has 11 heteroatoms. The number of hydrogen-bond donors (Lipinski definition) is 1. The van der Waals surface area contributed by atoms with Crippen molar-refractivity contribution in [2.45, 2.75) is 23.5 Å². The predicted octanol–water partition coefficient (Wildman–Crippen LogP) is 4.01. The highest BCUT2D eigenvalue weighted by atomic mass is 35.5. The number of carbonyl (C=O) groups excluding carboxylic acids is 1.